The van der Waals surface area contributed by atoms with Gasteiger partial charge in [0.05, 0.1) is 18.1 Å². The number of hydrogen-bond donors (Lipinski definition) is 2. The van der Waals surface area contributed by atoms with Crippen LogP contribution in [-0.2, 0) is 4.79 Å². The molecule has 2 heterocycles. The van der Waals surface area contributed by atoms with E-state index in [0.717, 1.165) is 31.5 Å². The number of carbonyl (C=O) groups is 1. The molecule has 5 nitrogen and oxygen atoms in total. The van der Waals surface area contributed by atoms with Gasteiger partial charge in [0, 0.05) is 12.0 Å². The van der Waals surface area contributed by atoms with Crippen LogP contribution in [0, 0.1) is 11.8 Å². The molecule has 1 amide bonds. The Hall–Kier alpha value is -2.27. The average molecular weight is 324 g/mol. The first kappa shape index (κ1) is 16.6. The molecule has 1 aromatic heterocycles. The second-order valence-electron chi connectivity index (χ2n) is 6.48. The van der Waals surface area contributed by atoms with Crippen LogP contribution in [0.5, 0.6) is 0 Å². The summed E-state index contributed by atoms with van der Waals surface area (Å²) >= 11 is 0. The second-order valence-corrected chi connectivity index (χ2v) is 6.48. The van der Waals surface area contributed by atoms with E-state index in [4.69, 9.17) is 0 Å². The molecule has 1 saturated heterocycles. The van der Waals surface area contributed by atoms with Gasteiger partial charge in [0.2, 0.25) is 5.91 Å². The number of nitrogens with one attached hydrogen (secondary N) is 2. The van der Waals surface area contributed by atoms with E-state index in [-0.39, 0.29) is 5.91 Å². The van der Waals surface area contributed by atoms with Gasteiger partial charge in [-0.2, -0.15) is 0 Å². The lowest BCUT2D eigenvalue weighted by Crippen LogP contribution is -2.32. The molecule has 1 unspecified atom stereocenters. The van der Waals surface area contributed by atoms with Crippen LogP contribution in [-0.4, -0.2) is 29.0 Å². The van der Waals surface area contributed by atoms with Gasteiger partial charge in [0.25, 0.3) is 0 Å². The predicted octanol–water partition coefficient (Wildman–Crippen LogP) is 3.11. The van der Waals surface area contributed by atoms with Crippen LogP contribution in [0.1, 0.15) is 26.2 Å². The van der Waals surface area contributed by atoms with E-state index in [1.807, 2.05) is 30.3 Å². The third-order valence-electron chi connectivity index (χ3n) is 4.66. The van der Waals surface area contributed by atoms with Crippen LogP contribution in [0.2, 0.25) is 0 Å². The third kappa shape index (κ3) is 4.38. The van der Waals surface area contributed by atoms with Crippen molar-refractivity contribution in [3.63, 3.8) is 0 Å². The first-order chi connectivity index (χ1) is 11.7. The van der Waals surface area contributed by atoms with Crippen molar-refractivity contribution in [3.05, 3.63) is 42.7 Å². The molecular weight excluding hydrogens is 300 g/mol. The molecule has 126 valence electrons. The Kier molecular flexibility index (Phi) is 5.54. The van der Waals surface area contributed by atoms with Crippen LogP contribution in [0.25, 0.3) is 11.4 Å². The molecule has 0 saturated carbocycles. The number of nitrogens with zero attached hydrogens (tertiary/aromatic N) is 2. The van der Waals surface area contributed by atoms with Gasteiger partial charge < -0.3 is 10.6 Å². The summed E-state index contributed by atoms with van der Waals surface area (Å²) in [6, 6.07) is 9.80. The molecule has 3 rings (SSSR count). The number of rotatable bonds is 5. The molecule has 0 bridgehead atoms. The minimum absolute atomic E-state index is 0.0390. The van der Waals surface area contributed by atoms with Crippen LogP contribution in [0.4, 0.5) is 5.69 Å². The summed E-state index contributed by atoms with van der Waals surface area (Å²) in [4.78, 5) is 20.9. The highest BCUT2D eigenvalue weighted by Gasteiger charge is 2.22. The molecule has 1 aliphatic rings. The largest absolute Gasteiger partial charge is 0.323 e. The molecule has 1 aliphatic heterocycles. The first-order valence-electron chi connectivity index (χ1n) is 8.60. The van der Waals surface area contributed by atoms with Gasteiger partial charge in [-0.1, -0.05) is 37.3 Å². The van der Waals surface area contributed by atoms with E-state index >= 15 is 0 Å². The highest BCUT2D eigenvalue weighted by Crippen LogP contribution is 2.24. The van der Waals surface area contributed by atoms with Gasteiger partial charge in [0.15, 0.2) is 5.82 Å². The van der Waals surface area contributed by atoms with Crippen molar-refractivity contribution in [2.75, 3.05) is 18.4 Å². The maximum atomic E-state index is 12.2. The van der Waals surface area contributed by atoms with E-state index in [9.17, 15) is 4.79 Å². The summed E-state index contributed by atoms with van der Waals surface area (Å²) in [7, 11) is 0. The van der Waals surface area contributed by atoms with Crippen molar-refractivity contribution in [1.29, 1.82) is 0 Å². The fraction of sp³-hybridized carbons (Fsp3) is 0.421. The second kappa shape index (κ2) is 8.02. The Morgan fingerprint density at radius 1 is 1.21 bits per heavy atom. The van der Waals surface area contributed by atoms with E-state index in [0.29, 0.717) is 29.8 Å². The number of aromatic nitrogens is 2. The number of piperidine rings is 1. The lowest BCUT2D eigenvalue weighted by Gasteiger charge is -2.27. The van der Waals surface area contributed by atoms with Crippen molar-refractivity contribution in [1.82, 2.24) is 15.3 Å². The Labute approximate surface area is 142 Å². The van der Waals surface area contributed by atoms with Gasteiger partial charge in [-0.15, -0.1) is 0 Å². The summed E-state index contributed by atoms with van der Waals surface area (Å²) in [5.41, 5.74) is 1.62. The van der Waals surface area contributed by atoms with Crippen molar-refractivity contribution in [2.24, 2.45) is 11.8 Å². The summed E-state index contributed by atoms with van der Waals surface area (Å²) in [6.07, 6.45) is 6.20. The highest BCUT2D eigenvalue weighted by molar-refractivity contribution is 5.90. The molecule has 2 aromatic rings. The SMILES string of the molecule is CC(CC(=O)Nc1cnc(-c2ccccc2)nc1)C1CCNCC1. The zero-order valence-corrected chi connectivity index (χ0v) is 14.0. The number of amides is 1. The van der Waals surface area contributed by atoms with Gasteiger partial charge >= 0.3 is 0 Å². The maximum absolute atomic E-state index is 12.2. The van der Waals surface area contributed by atoms with Crippen LogP contribution < -0.4 is 10.6 Å². The molecular formula is C19H24N4O. The summed E-state index contributed by atoms with van der Waals surface area (Å²) in [6.45, 7) is 4.29. The minimum atomic E-state index is 0.0390. The molecule has 24 heavy (non-hydrogen) atoms. The van der Waals surface area contributed by atoms with E-state index in [1.54, 1.807) is 12.4 Å². The quantitative estimate of drug-likeness (QED) is 0.887. The standard InChI is InChI=1S/C19H24N4O/c1-14(15-7-9-20-10-8-15)11-18(24)23-17-12-21-19(22-13-17)16-5-3-2-4-6-16/h2-6,12-15,20H,7-11H2,1H3,(H,23,24). The summed E-state index contributed by atoms with van der Waals surface area (Å²) in [5, 5.41) is 6.28. The molecule has 1 atom stereocenters. The van der Waals surface area contributed by atoms with Crippen LogP contribution >= 0.6 is 0 Å². The van der Waals surface area contributed by atoms with Gasteiger partial charge in [-0.3, -0.25) is 4.79 Å². The maximum Gasteiger partial charge on any atom is 0.224 e. The lowest BCUT2D eigenvalue weighted by atomic mass is 9.84. The third-order valence-corrected chi connectivity index (χ3v) is 4.66. The Bertz CT molecular complexity index is 651. The molecule has 1 aromatic carbocycles. The van der Waals surface area contributed by atoms with E-state index in [2.05, 4.69) is 27.5 Å². The molecule has 0 spiro atoms. The fourth-order valence-corrected chi connectivity index (χ4v) is 3.21. The van der Waals surface area contributed by atoms with Gasteiger partial charge in [0.1, 0.15) is 0 Å². The zero-order valence-electron chi connectivity index (χ0n) is 14.0. The van der Waals surface area contributed by atoms with Gasteiger partial charge in [-0.05, 0) is 37.8 Å². The number of hydrogen-bond acceptors (Lipinski definition) is 4. The van der Waals surface area contributed by atoms with Crippen molar-refractivity contribution >= 4 is 11.6 Å². The zero-order chi connectivity index (χ0) is 16.8. The molecule has 1 fully saturated rings. The number of carbonyl (C=O) groups excluding carboxylic acids is 1. The average Bonchev–Trinajstić information content (AvgIpc) is 2.64. The predicted molar refractivity (Wildman–Crippen MR) is 95.5 cm³/mol. The Morgan fingerprint density at radius 2 is 1.88 bits per heavy atom. The molecule has 5 heteroatoms. The lowest BCUT2D eigenvalue weighted by molar-refractivity contribution is -0.117. The smallest absolute Gasteiger partial charge is 0.224 e. The van der Waals surface area contributed by atoms with Gasteiger partial charge in [-0.25, -0.2) is 9.97 Å². The molecule has 2 N–H and O–H groups in total. The van der Waals surface area contributed by atoms with E-state index in [1.165, 1.54) is 0 Å². The van der Waals surface area contributed by atoms with Crippen LogP contribution in [0.15, 0.2) is 42.7 Å². The summed E-state index contributed by atoms with van der Waals surface area (Å²) < 4.78 is 0. The molecule has 0 aliphatic carbocycles. The Morgan fingerprint density at radius 3 is 2.54 bits per heavy atom. The van der Waals surface area contributed by atoms with Crippen molar-refractivity contribution in [3.8, 4) is 11.4 Å². The monoisotopic (exact) mass is 324 g/mol. The molecule has 0 radical (unpaired) electrons. The first-order valence-corrected chi connectivity index (χ1v) is 8.60. The number of benzene rings is 1. The number of anilines is 1. The normalized spacial score (nSPS) is 16.5. The highest BCUT2D eigenvalue weighted by atomic mass is 16.1. The van der Waals surface area contributed by atoms with Crippen LogP contribution in [0.3, 0.4) is 0 Å². The Balaban J connectivity index is 1.54. The van der Waals surface area contributed by atoms with Crippen molar-refractivity contribution < 1.29 is 4.79 Å². The minimum Gasteiger partial charge on any atom is -0.323 e. The topological polar surface area (TPSA) is 66.9 Å². The fourth-order valence-electron chi connectivity index (χ4n) is 3.21. The van der Waals surface area contributed by atoms with Crippen molar-refractivity contribution in [2.45, 2.75) is 26.2 Å². The van der Waals surface area contributed by atoms with E-state index < -0.39 is 0 Å². The summed E-state index contributed by atoms with van der Waals surface area (Å²) in [5.74, 6) is 1.74.